The lowest BCUT2D eigenvalue weighted by Crippen LogP contribution is -2.25. The van der Waals surface area contributed by atoms with Gasteiger partial charge in [-0.25, -0.2) is 42.1 Å². The van der Waals surface area contributed by atoms with Crippen molar-refractivity contribution in [2.45, 2.75) is 39.3 Å². The number of rotatable bonds is 14. The van der Waals surface area contributed by atoms with Crippen LogP contribution in [0, 0.1) is 37.1 Å². The number of pyridine rings is 2. The van der Waals surface area contributed by atoms with E-state index >= 15 is 0 Å². The second-order valence-electron chi connectivity index (χ2n) is 15.8. The average Bonchev–Trinajstić information content (AvgIpc) is 3.32. The number of nitrogens with one attached hydrogen (secondary N) is 1. The maximum absolute atomic E-state index is 14.8. The van der Waals surface area contributed by atoms with Crippen molar-refractivity contribution in [3.8, 4) is 33.9 Å². The summed E-state index contributed by atoms with van der Waals surface area (Å²) < 4.78 is 72.7. The number of fused-ring (bicyclic) bond motifs is 2. The summed E-state index contributed by atoms with van der Waals surface area (Å²) in [6.07, 6.45) is 2.11. The molecule has 360 valence electrons. The zero-order valence-electron chi connectivity index (χ0n) is 38.3. The van der Waals surface area contributed by atoms with Gasteiger partial charge in [-0.15, -0.1) is 0 Å². The van der Waals surface area contributed by atoms with E-state index in [0.29, 0.717) is 34.3 Å². The highest BCUT2D eigenvalue weighted by molar-refractivity contribution is 7.84. The van der Waals surface area contributed by atoms with Crippen LogP contribution in [0.15, 0.2) is 112 Å². The molecule has 0 fully saturated rings. The Morgan fingerprint density at radius 1 is 0.643 bits per heavy atom. The van der Waals surface area contributed by atoms with E-state index in [4.69, 9.17) is 0 Å². The summed E-state index contributed by atoms with van der Waals surface area (Å²) in [6, 6.07) is 20.7. The molecule has 3 N–H and O–H groups in total. The van der Waals surface area contributed by atoms with Crippen molar-refractivity contribution in [1.82, 2.24) is 34.0 Å². The quantitative estimate of drug-likeness (QED) is 0.0534. The summed E-state index contributed by atoms with van der Waals surface area (Å²) in [6.45, 7) is 10.9. The maximum atomic E-state index is 14.8. The van der Waals surface area contributed by atoms with Gasteiger partial charge in [0.2, 0.25) is 11.1 Å². The predicted octanol–water partition coefficient (Wildman–Crippen LogP) is 8.35. The first-order valence-electron chi connectivity index (χ1n) is 21.7. The number of aromatic carboxylic acids is 2. The summed E-state index contributed by atoms with van der Waals surface area (Å²) in [5, 5.41) is 22.5. The molecular weight excluding hydrogens is 933 g/mol. The molecule has 0 saturated carbocycles. The highest BCUT2D eigenvalue weighted by Gasteiger charge is 2.24. The molecule has 4 aromatic carbocycles. The Hall–Kier alpha value is -7.97. The minimum Gasteiger partial charge on any atom is -0.478 e. The van der Waals surface area contributed by atoms with Crippen LogP contribution in [-0.4, -0.2) is 92.8 Å². The second kappa shape index (κ2) is 21.1. The van der Waals surface area contributed by atoms with Crippen LogP contribution in [0.25, 0.3) is 56.0 Å². The van der Waals surface area contributed by atoms with Crippen molar-refractivity contribution in [1.29, 1.82) is 0 Å². The standard InChI is InChI=1S/C28H29F2N5O3.C22H15F2N3O4S/c1-4-34(5-2)15-7-14-31-28-32-24(20-16-18(27(37)38)11-10-17(20)3)19-12-13-23(36)35(26(19)33-28)25-21(29)8-6-9-22(25)30;1-11-6-7-12(21(29)30)10-14(11)18-13-8-9-17(28)27(19-15(23)4-3-5-16(19)24)20(13)26-22(25-18)32(2)31/h6,8-13,16H,4-5,7,14-15H2,1-3H3,(H,37,38)(H,31,32,33);3-10H,1-2H3,(H,29,30). The van der Waals surface area contributed by atoms with Crippen LogP contribution in [0.1, 0.15) is 52.1 Å². The molecule has 0 amide bonds. The van der Waals surface area contributed by atoms with E-state index in [1.807, 2.05) is 0 Å². The minimum absolute atomic E-state index is 0.00197. The number of carboxylic acids is 2. The molecular formula is C50H44F4N8O7S. The van der Waals surface area contributed by atoms with Crippen LogP contribution in [-0.2, 0) is 10.8 Å². The maximum Gasteiger partial charge on any atom is 0.335 e. The lowest BCUT2D eigenvalue weighted by Gasteiger charge is -2.18. The fourth-order valence-corrected chi connectivity index (χ4v) is 8.16. The van der Waals surface area contributed by atoms with Gasteiger partial charge in [0.15, 0.2) is 11.3 Å². The van der Waals surface area contributed by atoms with Crippen molar-refractivity contribution in [2.75, 3.05) is 37.8 Å². The molecule has 0 spiro atoms. The summed E-state index contributed by atoms with van der Waals surface area (Å²) in [5.74, 6) is -5.91. The van der Waals surface area contributed by atoms with Gasteiger partial charge < -0.3 is 20.4 Å². The molecule has 0 aliphatic carbocycles. The van der Waals surface area contributed by atoms with Crippen molar-refractivity contribution in [3.63, 3.8) is 0 Å². The number of aromatic nitrogens is 6. The molecule has 0 radical (unpaired) electrons. The number of hydrogen-bond donors (Lipinski definition) is 3. The SMILES string of the molecule is CCN(CC)CCCNc1nc(-c2cc(C(=O)O)ccc2C)c2ccc(=O)n(-c3c(F)cccc3F)c2n1.Cc1ccc(C(=O)O)cc1-c1nc(S(C)=O)nc2c1ccc(=O)n2-c1c(F)cccc1F. The fraction of sp³-hybridized carbons (Fsp3) is 0.200. The molecule has 1 atom stereocenters. The largest absolute Gasteiger partial charge is 0.478 e. The molecule has 70 heavy (non-hydrogen) atoms. The first-order valence-corrected chi connectivity index (χ1v) is 23.2. The Bertz CT molecular complexity index is 3470. The zero-order chi connectivity index (χ0) is 50.6. The third kappa shape index (κ3) is 10.2. The first-order chi connectivity index (χ1) is 33.4. The number of aryl methyl sites for hydroxylation is 2. The van der Waals surface area contributed by atoms with Crippen LogP contribution in [0.4, 0.5) is 23.5 Å². The summed E-state index contributed by atoms with van der Waals surface area (Å²) in [5.41, 5.74) is 0.0937. The third-order valence-corrected chi connectivity index (χ3v) is 12.1. The van der Waals surface area contributed by atoms with E-state index in [0.717, 1.165) is 77.2 Å². The molecule has 20 heteroatoms. The summed E-state index contributed by atoms with van der Waals surface area (Å²) >= 11 is 0. The highest BCUT2D eigenvalue weighted by Crippen LogP contribution is 2.33. The Labute approximate surface area is 399 Å². The van der Waals surface area contributed by atoms with Gasteiger partial charge in [0.25, 0.3) is 11.1 Å². The lowest BCUT2D eigenvalue weighted by molar-refractivity contribution is 0.0686. The van der Waals surface area contributed by atoms with Crippen molar-refractivity contribution >= 4 is 50.8 Å². The Morgan fingerprint density at radius 3 is 1.51 bits per heavy atom. The molecule has 4 aromatic heterocycles. The Morgan fingerprint density at radius 2 is 1.09 bits per heavy atom. The van der Waals surface area contributed by atoms with Gasteiger partial charge in [-0.05, 0) is 112 Å². The number of halogens is 4. The highest BCUT2D eigenvalue weighted by atomic mass is 32.2. The van der Waals surface area contributed by atoms with Gasteiger partial charge in [0.1, 0.15) is 34.6 Å². The monoisotopic (exact) mass is 976 g/mol. The topological polar surface area (TPSA) is 202 Å². The Balaban J connectivity index is 0.000000209. The normalized spacial score (nSPS) is 11.7. The molecule has 0 bridgehead atoms. The molecule has 8 aromatic rings. The van der Waals surface area contributed by atoms with E-state index in [9.17, 15) is 51.2 Å². The van der Waals surface area contributed by atoms with E-state index < -0.39 is 68.5 Å². The zero-order valence-corrected chi connectivity index (χ0v) is 39.1. The number of nitrogens with zero attached hydrogens (tertiary/aromatic N) is 7. The van der Waals surface area contributed by atoms with Crippen LogP contribution in [0.5, 0.6) is 0 Å². The molecule has 0 saturated heterocycles. The van der Waals surface area contributed by atoms with Gasteiger partial charge >= 0.3 is 11.9 Å². The number of anilines is 1. The van der Waals surface area contributed by atoms with Gasteiger partial charge in [-0.1, -0.05) is 38.1 Å². The van der Waals surface area contributed by atoms with Gasteiger partial charge in [-0.2, -0.15) is 4.98 Å². The molecule has 1 unspecified atom stereocenters. The van der Waals surface area contributed by atoms with Crippen molar-refractivity contribution in [3.05, 3.63) is 163 Å². The summed E-state index contributed by atoms with van der Waals surface area (Å²) in [4.78, 5) is 68.8. The van der Waals surface area contributed by atoms with E-state index in [1.54, 1.807) is 26.0 Å². The molecule has 4 heterocycles. The fourth-order valence-electron chi connectivity index (χ4n) is 7.73. The van der Waals surface area contributed by atoms with Gasteiger partial charge in [0, 0.05) is 46.8 Å². The van der Waals surface area contributed by atoms with Crippen LogP contribution in [0.3, 0.4) is 0 Å². The van der Waals surface area contributed by atoms with Crippen molar-refractivity contribution in [2.24, 2.45) is 0 Å². The minimum atomic E-state index is -1.71. The van der Waals surface area contributed by atoms with Crippen molar-refractivity contribution < 1.29 is 41.6 Å². The smallest absolute Gasteiger partial charge is 0.335 e. The van der Waals surface area contributed by atoms with E-state index in [2.05, 4.69) is 44.0 Å². The molecule has 8 rings (SSSR count). The van der Waals surface area contributed by atoms with Gasteiger partial charge in [0.05, 0.1) is 33.3 Å². The molecule has 15 nitrogen and oxygen atoms in total. The summed E-state index contributed by atoms with van der Waals surface area (Å²) in [7, 11) is -1.71. The average molecular weight is 977 g/mol. The number of para-hydroxylation sites is 2. The Kier molecular flexibility index (Phi) is 15.1. The second-order valence-corrected chi connectivity index (χ2v) is 17.1. The number of carbonyl (C=O) groups is 2. The third-order valence-electron chi connectivity index (χ3n) is 11.4. The van der Waals surface area contributed by atoms with E-state index in [1.165, 1.54) is 54.8 Å². The molecule has 0 aliphatic rings. The van der Waals surface area contributed by atoms with Crippen LogP contribution < -0.4 is 16.4 Å². The van der Waals surface area contributed by atoms with Crippen LogP contribution in [0.2, 0.25) is 0 Å². The number of hydrogen-bond acceptors (Lipinski definition) is 11. The van der Waals surface area contributed by atoms with E-state index in [-0.39, 0.29) is 44.6 Å². The van der Waals surface area contributed by atoms with Gasteiger partial charge in [-0.3, -0.25) is 22.9 Å². The lowest BCUT2D eigenvalue weighted by atomic mass is 10.00. The number of benzene rings is 4. The number of carboxylic acid groups (broad SMARTS) is 2. The predicted molar refractivity (Wildman–Crippen MR) is 258 cm³/mol. The van der Waals surface area contributed by atoms with Crippen LogP contribution >= 0.6 is 0 Å². The first kappa shape index (κ1) is 49.9. The molecule has 0 aliphatic heterocycles.